The van der Waals surface area contributed by atoms with Gasteiger partial charge in [0, 0.05) is 26.3 Å². The van der Waals surface area contributed by atoms with E-state index in [1.165, 1.54) is 7.11 Å². The van der Waals surface area contributed by atoms with E-state index < -0.39 is 0 Å². The van der Waals surface area contributed by atoms with Crippen molar-refractivity contribution < 1.29 is 9.53 Å². The zero-order valence-corrected chi connectivity index (χ0v) is 10.9. The molecule has 0 amide bonds. The molecule has 4 heteroatoms. The summed E-state index contributed by atoms with van der Waals surface area (Å²) in [6.07, 6.45) is 0. The van der Waals surface area contributed by atoms with Gasteiger partial charge in [-0.05, 0) is 24.6 Å². The maximum atomic E-state index is 11.2. The predicted molar refractivity (Wildman–Crippen MR) is 69.1 cm³/mol. The Kier molecular flexibility index (Phi) is 4.97. The highest BCUT2D eigenvalue weighted by atomic mass is 16.5. The Balaban J connectivity index is 2.50. The molecular formula is C13H20N2O2. The molecule has 0 aromatic heterocycles. The van der Waals surface area contributed by atoms with Crippen LogP contribution in [0.5, 0.6) is 0 Å². The molecule has 1 aromatic carbocycles. The zero-order valence-electron chi connectivity index (χ0n) is 10.9. The lowest BCUT2D eigenvalue weighted by molar-refractivity contribution is -0.142. The minimum atomic E-state index is -0.284. The molecule has 1 N–H and O–H groups in total. The van der Waals surface area contributed by atoms with E-state index in [2.05, 4.69) is 22.2 Å². The van der Waals surface area contributed by atoms with Crippen molar-refractivity contribution in [3.05, 3.63) is 29.8 Å². The minimum Gasteiger partial charge on any atom is -0.468 e. The number of rotatable bonds is 5. The van der Waals surface area contributed by atoms with Crippen molar-refractivity contribution in [2.24, 2.45) is 0 Å². The van der Waals surface area contributed by atoms with Gasteiger partial charge < -0.3 is 15.0 Å². The largest absolute Gasteiger partial charge is 0.468 e. The molecule has 0 saturated carbocycles. The molecule has 1 unspecified atom stereocenters. The molecule has 94 valence electrons. The van der Waals surface area contributed by atoms with Crippen molar-refractivity contribution >= 4 is 11.7 Å². The van der Waals surface area contributed by atoms with Crippen LogP contribution >= 0.6 is 0 Å². The first-order chi connectivity index (χ1) is 8.04. The van der Waals surface area contributed by atoms with Crippen LogP contribution in [-0.2, 0) is 16.1 Å². The number of anilines is 1. The fourth-order valence-electron chi connectivity index (χ4n) is 1.44. The summed E-state index contributed by atoms with van der Waals surface area (Å²) in [6, 6.07) is 7.92. The van der Waals surface area contributed by atoms with Crippen LogP contribution in [0.15, 0.2) is 24.3 Å². The number of nitrogens with zero attached hydrogens (tertiary/aromatic N) is 1. The Hall–Kier alpha value is -1.55. The van der Waals surface area contributed by atoms with Gasteiger partial charge in [0.1, 0.15) is 6.04 Å². The van der Waals surface area contributed by atoms with E-state index >= 15 is 0 Å². The number of hydrogen-bond acceptors (Lipinski definition) is 4. The van der Waals surface area contributed by atoms with Gasteiger partial charge in [0.2, 0.25) is 0 Å². The first kappa shape index (κ1) is 13.5. The monoisotopic (exact) mass is 236 g/mol. The van der Waals surface area contributed by atoms with E-state index in [0.717, 1.165) is 11.3 Å². The van der Waals surface area contributed by atoms with Gasteiger partial charge in [0.15, 0.2) is 0 Å². The van der Waals surface area contributed by atoms with Crippen LogP contribution in [0.4, 0.5) is 5.69 Å². The van der Waals surface area contributed by atoms with Crippen LogP contribution < -0.4 is 10.2 Å². The highest BCUT2D eigenvalue weighted by Gasteiger charge is 2.11. The highest BCUT2D eigenvalue weighted by Crippen LogP contribution is 2.12. The standard InChI is InChI=1S/C13H20N2O2/c1-10(13(16)17-4)14-9-11-5-7-12(8-6-11)15(2)3/h5-8,10,14H,9H2,1-4H3. The van der Waals surface area contributed by atoms with E-state index in [0.29, 0.717) is 6.54 Å². The fraction of sp³-hybridized carbons (Fsp3) is 0.462. The summed E-state index contributed by atoms with van der Waals surface area (Å²) in [5.41, 5.74) is 2.31. The van der Waals surface area contributed by atoms with Crippen LogP contribution in [0.1, 0.15) is 12.5 Å². The van der Waals surface area contributed by atoms with Crippen molar-refractivity contribution in [2.45, 2.75) is 19.5 Å². The molecule has 1 atom stereocenters. The van der Waals surface area contributed by atoms with Crippen LogP contribution in [0, 0.1) is 0 Å². The second-order valence-electron chi connectivity index (χ2n) is 4.19. The number of carbonyl (C=O) groups excluding carboxylic acids is 1. The summed E-state index contributed by atoms with van der Waals surface area (Å²) >= 11 is 0. The number of methoxy groups -OCH3 is 1. The van der Waals surface area contributed by atoms with E-state index in [4.69, 9.17) is 0 Å². The summed E-state index contributed by atoms with van der Waals surface area (Å²) < 4.78 is 4.64. The van der Waals surface area contributed by atoms with Crippen molar-refractivity contribution in [1.29, 1.82) is 0 Å². The van der Waals surface area contributed by atoms with Gasteiger partial charge in [0.05, 0.1) is 7.11 Å². The Morgan fingerprint density at radius 3 is 2.41 bits per heavy atom. The maximum absolute atomic E-state index is 11.2. The molecule has 0 bridgehead atoms. The lowest BCUT2D eigenvalue weighted by Gasteiger charge is -2.14. The van der Waals surface area contributed by atoms with Crippen molar-refractivity contribution in [2.75, 3.05) is 26.1 Å². The predicted octanol–water partition coefficient (Wildman–Crippen LogP) is 1.40. The van der Waals surface area contributed by atoms with Gasteiger partial charge in [-0.25, -0.2) is 0 Å². The molecule has 0 aliphatic rings. The van der Waals surface area contributed by atoms with Gasteiger partial charge in [-0.3, -0.25) is 4.79 Å². The van der Waals surface area contributed by atoms with Crippen LogP contribution in [0.3, 0.4) is 0 Å². The topological polar surface area (TPSA) is 41.6 Å². The van der Waals surface area contributed by atoms with Gasteiger partial charge in [-0.2, -0.15) is 0 Å². The third kappa shape index (κ3) is 4.07. The Labute approximate surface area is 103 Å². The third-order valence-corrected chi connectivity index (χ3v) is 2.62. The lowest BCUT2D eigenvalue weighted by Crippen LogP contribution is -2.34. The van der Waals surface area contributed by atoms with Gasteiger partial charge >= 0.3 is 5.97 Å². The fourth-order valence-corrected chi connectivity index (χ4v) is 1.44. The number of ether oxygens (including phenoxy) is 1. The van der Waals surface area contributed by atoms with Crippen LogP contribution in [0.25, 0.3) is 0 Å². The average Bonchev–Trinajstić information content (AvgIpc) is 2.35. The summed E-state index contributed by atoms with van der Waals surface area (Å²) in [6.45, 7) is 2.45. The van der Waals surface area contributed by atoms with E-state index in [9.17, 15) is 4.79 Å². The lowest BCUT2D eigenvalue weighted by atomic mass is 10.2. The second kappa shape index (κ2) is 6.25. The normalized spacial score (nSPS) is 12.0. The second-order valence-corrected chi connectivity index (χ2v) is 4.19. The number of benzene rings is 1. The summed E-state index contributed by atoms with van der Waals surface area (Å²) in [7, 11) is 5.41. The Bertz CT molecular complexity index is 360. The van der Waals surface area contributed by atoms with Gasteiger partial charge in [0.25, 0.3) is 0 Å². The molecule has 0 radical (unpaired) electrons. The molecule has 4 nitrogen and oxygen atoms in total. The average molecular weight is 236 g/mol. The molecule has 1 rings (SSSR count). The maximum Gasteiger partial charge on any atom is 0.322 e. The molecule has 0 spiro atoms. The van der Waals surface area contributed by atoms with Crippen LogP contribution in [0.2, 0.25) is 0 Å². The van der Waals surface area contributed by atoms with Gasteiger partial charge in [-0.15, -0.1) is 0 Å². The van der Waals surface area contributed by atoms with E-state index in [1.54, 1.807) is 6.92 Å². The zero-order chi connectivity index (χ0) is 12.8. The number of hydrogen-bond donors (Lipinski definition) is 1. The molecule has 0 fully saturated rings. The molecule has 1 aromatic rings. The van der Waals surface area contributed by atoms with Crippen LogP contribution in [-0.4, -0.2) is 33.2 Å². The number of nitrogens with one attached hydrogen (secondary N) is 1. The van der Waals surface area contributed by atoms with E-state index in [-0.39, 0.29) is 12.0 Å². The summed E-state index contributed by atoms with van der Waals surface area (Å²) in [5, 5.41) is 3.11. The highest BCUT2D eigenvalue weighted by molar-refractivity contribution is 5.75. The SMILES string of the molecule is COC(=O)C(C)NCc1ccc(N(C)C)cc1. The number of esters is 1. The van der Waals surface area contributed by atoms with Crippen molar-refractivity contribution in [3.8, 4) is 0 Å². The molecule has 0 saturated heterocycles. The summed E-state index contributed by atoms with van der Waals surface area (Å²) in [4.78, 5) is 13.2. The first-order valence-corrected chi connectivity index (χ1v) is 5.62. The quantitative estimate of drug-likeness (QED) is 0.785. The summed E-state index contributed by atoms with van der Waals surface area (Å²) in [5.74, 6) is -0.241. The first-order valence-electron chi connectivity index (χ1n) is 5.62. The third-order valence-electron chi connectivity index (χ3n) is 2.62. The van der Waals surface area contributed by atoms with E-state index in [1.807, 2.05) is 31.1 Å². The molecule has 17 heavy (non-hydrogen) atoms. The minimum absolute atomic E-state index is 0.241. The number of carbonyl (C=O) groups is 1. The molecular weight excluding hydrogens is 216 g/mol. The smallest absolute Gasteiger partial charge is 0.322 e. The Morgan fingerprint density at radius 2 is 1.94 bits per heavy atom. The molecule has 0 aliphatic heterocycles. The molecule has 0 heterocycles. The molecule has 0 aliphatic carbocycles. The van der Waals surface area contributed by atoms with Crippen molar-refractivity contribution in [3.63, 3.8) is 0 Å². The van der Waals surface area contributed by atoms with Gasteiger partial charge in [-0.1, -0.05) is 12.1 Å². The van der Waals surface area contributed by atoms with Crippen molar-refractivity contribution in [1.82, 2.24) is 5.32 Å². The Morgan fingerprint density at radius 1 is 1.35 bits per heavy atom.